The van der Waals surface area contributed by atoms with Crippen LogP contribution in [-0.4, -0.2) is 37.2 Å². The van der Waals surface area contributed by atoms with Crippen molar-refractivity contribution >= 4 is 29.9 Å². The molecule has 0 aliphatic heterocycles. The van der Waals surface area contributed by atoms with Gasteiger partial charge < -0.3 is 25.6 Å². The van der Waals surface area contributed by atoms with E-state index >= 15 is 0 Å². The number of hydrogen-bond donors (Lipinski definition) is 3. The molecule has 0 bridgehead atoms. The third-order valence-electron chi connectivity index (χ3n) is 2.93. The number of methoxy groups -OCH3 is 1. The Morgan fingerprint density at radius 1 is 1.29 bits per heavy atom. The van der Waals surface area contributed by atoms with Crippen molar-refractivity contribution in [2.75, 3.05) is 25.5 Å². The summed E-state index contributed by atoms with van der Waals surface area (Å²) in [6.07, 6.45) is 0. The number of para-hydroxylation sites is 1. The van der Waals surface area contributed by atoms with Crippen LogP contribution in [0.15, 0.2) is 34.9 Å². The molecule has 1 aromatic heterocycles. The van der Waals surface area contributed by atoms with Gasteiger partial charge in [0, 0.05) is 26.3 Å². The van der Waals surface area contributed by atoms with Gasteiger partial charge in [0.25, 0.3) is 11.8 Å². The fourth-order valence-electron chi connectivity index (χ4n) is 1.89. The fourth-order valence-corrected chi connectivity index (χ4v) is 1.89. The van der Waals surface area contributed by atoms with Gasteiger partial charge >= 0.3 is 0 Å². The molecule has 1 heterocycles. The smallest absolute Gasteiger partial charge is 0.277 e. The van der Waals surface area contributed by atoms with Gasteiger partial charge in [0.1, 0.15) is 6.61 Å². The van der Waals surface area contributed by atoms with Crippen LogP contribution in [0.1, 0.15) is 26.6 Å². The summed E-state index contributed by atoms with van der Waals surface area (Å²) in [6.45, 7) is 0.907. The van der Waals surface area contributed by atoms with Gasteiger partial charge in [0.2, 0.25) is 0 Å². The molecule has 2 rings (SSSR count). The predicted molar refractivity (Wildman–Crippen MR) is 90.2 cm³/mol. The first kappa shape index (κ1) is 19.6. The first-order valence-corrected chi connectivity index (χ1v) is 6.99. The number of carbonyl (C=O) groups excluding carboxylic acids is 2. The number of nitrogens with one attached hydrogen (secondary N) is 2. The zero-order valence-electron chi connectivity index (χ0n) is 13.1. The van der Waals surface area contributed by atoms with Crippen LogP contribution < -0.4 is 16.4 Å². The molecule has 8 nitrogen and oxygen atoms in total. The average Bonchev–Trinajstić information content (AvgIpc) is 3.02. The van der Waals surface area contributed by atoms with E-state index in [0.717, 1.165) is 0 Å². The Labute approximate surface area is 145 Å². The maximum Gasteiger partial charge on any atom is 0.277 e. The van der Waals surface area contributed by atoms with Gasteiger partial charge in [-0.25, -0.2) is 0 Å². The molecule has 2 aromatic rings. The quantitative estimate of drug-likeness (QED) is 0.687. The molecule has 0 radical (unpaired) electrons. The number of hydrogen-bond acceptors (Lipinski definition) is 6. The molecule has 0 aliphatic rings. The van der Waals surface area contributed by atoms with Crippen LogP contribution >= 0.6 is 12.4 Å². The SMILES string of the molecule is COCc1cc(C(=O)Nc2ccccc2C(=O)NCCN)no1.Cl. The first-order chi connectivity index (χ1) is 11.2. The molecule has 0 aliphatic carbocycles. The zero-order chi connectivity index (χ0) is 16.7. The Morgan fingerprint density at radius 3 is 2.75 bits per heavy atom. The summed E-state index contributed by atoms with van der Waals surface area (Å²) >= 11 is 0. The minimum absolute atomic E-state index is 0. The van der Waals surface area contributed by atoms with Crippen molar-refractivity contribution in [2.24, 2.45) is 5.73 Å². The van der Waals surface area contributed by atoms with Crippen LogP contribution in [0.25, 0.3) is 0 Å². The van der Waals surface area contributed by atoms with Crippen molar-refractivity contribution in [1.29, 1.82) is 0 Å². The highest BCUT2D eigenvalue weighted by atomic mass is 35.5. The summed E-state index contributed by atoms with van der Waals surface area (Å²) in [5.41, 5.74) is 6.19. The molecule has 0 fully saturated rings. The Balaban J connectivity index is 0.00000288. The van der Waals surface area contributed by atoms with E-state index in [1.54, 1.807) is 24.3 Å². The van der Waals surface area contributed by atoms with Crippen LogP contribution in [0, 0.1) is 0 Å². The molecule has 9 heteroatoms. The number of rotatable bonds is 7. The predicted octanol–water partition coefficient (Wildman–Crippen LogP) is 1.18. The number of halogens is 1. The van der Waals surface area contributed by atoms with Crippen LogP contribution in [0.2, 0.25) is 0 Å². The highest BCUT2D eigenvalue weighted by Gasteiger charge is 2.16. The standard InChI is InChI=1S/C15H18N4O4.ClH/c1-22-9-10-8-13(19-23-10)15(21)18-12-5-3-2-4-11(12)14(20)17-7-6-16;/h2-5,8H,6-7,9,16H2,1H3,(H,17,20)(H,18,21);1H. The molecule has 130 valence electrons. The number of anilines is 1. The lowest BCUT2D eigenvalue weighted by Crippen LogP contribution is -2.30. The van der Waals surface area contributed by atoms with Gasteiger partial charge in [-0.2, -0.15) is 0 Å². The number of carbonyl (C=O) groups is 2. The summed E-state index contributed by atoms with van der Waals surface area (Å²) in [5.74, 6) is -0.353. The molecule has 4 N–H and O–H groups in total. The molecule has 0 saturated heterocycles. The van der Waals surface area contributed by atoms with E-state index in [1.807, 2.05) is 0 Å². The van der Waals surface area contributed by atoms with Crippen molar-refractivity contribution in [3.05, 3.63) is 47.3 Å². The molecular formula is C15H19ClN4O4. The van der Waals surface area contributed by atoms with Crippen molar-refractivity contribution in [1.82, 2.24) is 10.5 Å². The summed E-state index contributed by atoms with van der Waals surface area (Å²) in [4.78, 5) is 24.3. The van der Waals surface area contributed by atoms with E-state index in [-0.39, 0.29) is 30.6 Å². The van der Waals surface area contributed by atoms with E-state index in [4.69, 9.17) is 15.0 Å². The lowest BCUT2D eigenvalue weighted by molar-refractivity contribution is 0.0955. The Morgan fingerprint density at radius 2 is 2.04 bits per heavy atom. The molecule has 2 amide bonds. The van der Waals surface area contributed by atoms with Gasteiger partial charge in [-0.05, 0) is 12.1 Å². The maximum absolute atomic E-state index is 12.2. The maximum atomic E-state index is 12.2. The normalized spacial score (nSPS) is 9.92. The van der Waals surface area contributed by atoms with Gasteiger partial charge in [0.15, 0.2) is 11.5 Å². The van der Waals surface area contributed by atoms with Gasteiger partial charge in [-0.3, -0.25) is 9.59 Å². The van der Waals surface area contributed by atoms with Crippen molar-refractivity contribution < 1.29 is 18.8 Å². The number of nitrogens with zero attached hydrogens (tertiary/aromatic N) is 1. The number of nitrogens with two attached hydrogens (primary N) is 1. The third-order valence-corrected chi connectivity index (χ3v) is 2.93. The van der Waals surface area contributed by atoms with E-state index < -0.39 is 5.91 Å². The number of aromatic nitrogens is 1. The van der Waals surface area contributed by atoms with Gasteiger partial charge in [0.05, 0.1) is 11.3 Å². The minimum Gasteiger partial charge on any atom is -0.377 e. The molecule has 1 aromatic carbocycles. The van der Waals surface area contributed by atoms with E-state index in [2.05, 4.69) is 15.8 Å². The Bertz CT molecular complexity index is 690. The lowest BCUT2D eigenvalue weighted by Gasteiger charge is -2.10. The lowest BCUT2D eigenvalue weighted by atomic mass is 10.1. The van der Waals surface area contributed by atoms with E-state index in [9.17, 15) is 9.59 Å². The molecule has 0 saturated carbocycles. The molecule has 0 atom stereocenters. The van der Waals surface area contributed by atoms with E-state index in [0.29, 0.717) is 30.1 Å². The second-order valence-electron chi connectivity index (χ2n) is 4.66. The Hall–Kier alpha value is -2.42. The van der Waals surface area contributed by atoms with Crippen molar-refractivity contribution in [3.63, 3.8) is 0 Å². The molecule has 0 unspecified atom stereocenters. The number of ether oxygens (including phenoxy) is 1. The largest absolute Gasteiger partial charge is 0.377 e. The second kappa shape index (κ2) is 9.66. The summed E-state index contributed by atoms with van der Waals surface area (Å²) in [7, 11) is 1.51. The number of benzene rings is 1. The summed E-state index contributed by atoms with van der Waals surface area (Å²) < 4.78 is 9.86. The fraction of sp³-hybridized carbons (Fsp3) is 0.267. The molecular weight excluding hydrogens is 336 g/mol. The molecule has 24 heavy (non-hydrogen) atoms. The highest BCUT2D eigenvalue weighted by molar-refractivity contribution is 6.08. The van der Waals surface area contributed by atoms with Crippen LogP contribution in [0.4, 0.5) is 5.69 Å². The first-order valence-electron chi connectivity index (χ1n) is 6.99. The monoisotopic (exact) mass is 354 g/mol. The van der Waals surface area contributed by atoms with Crippen LogP contribution in [0.3, 0.4) is 0 Å². The van der Waals surface area contributed by atoms with E-state index in [1.165, 1.54) is 13.2 Å². The number of amides is 2. The minimum atomic E-state index is -0.477. The van der Waals surface area contributed by atoms with Gasteiger partial charge in [-0.15, -0.1) is 12.4 Å². The topological polar surface area (TPSA) is 119 Å². The average molecular weight is 355 g/mol. The van der Waals surface area contributed by atoms with Gasteiger partial charge in [-0.1, -0.05) is 17.3 Å². The molecule has 0 spiro atoms. The highest BCUT2D eigenvalue weighted by Crippen LogP contribution is 2.16. The third kappa shape index (κ3) is 5.05. The second-order valence-corrected chi connectivity index (χ2v) is 4.66. The van der Waals surface area contributed by atoms with Crippen LogP contribution in [-0.2, 0) is 11.3 Å². The zero-order valence-corrected chi connectivity index (χ0v) is 13.9. The summed E-state index contributed by atoms with van der Waals surface area (Å²) in [6, 6.07) is 8.15. The van der Waals surface area contributed by atoms with Crippen molar-refractivity contribution in [3.8, 4) is 0 Å². The Kier molecular flexibility index (Phi) is 7.90. The summed E-state index contributed by atoms with van der Waals surface area (Å²) in [5, 5.41) is 8.97. The van der Waals surface area contributed by atoms with Crippen LogP contribution in [0.5, 0.6) is 0 Å². The van der Waals surface area contributed by atoms with Crippen molar-refractivity contribution in [2.45, 2.75) is 6.61 Å².